The van der Waals surface area contributed by atoms with Crippen LogP contribution in [0.2, 0.25) is 0 Å². The highest BCUT2D eigenvalue weighted by Crippen LogP contribution is 2.33. The Balaban J connectivity index is 2.47. The first-order valence-corrected chi connectivity index (χ1v) is 7.20. The van der Waals surface area contributed by atoms with Crippen LogP contribution >= 0.6 is 0 Å². The summed E-state index contributed by atoms with van der Waals surface area (Å²) < 4.78 is 5.24. The molecule has 7 nitrogen and oxygen atoms in total. The fourth-order valence-electron chi connectivity index (χ4n) is 2.43. The summed E-state index contributed by atoms with van der Waals surface area (Å²) in [5.41, 5.74) is 7.55. The summed E-state index contributed by atoms with van der Waals surface area (Å²) in [5, 5.41) is 13.9. The Labute approximate surface area is 134 Å². The number of ether oxygens (including phenoxy) is 1. The Morgan fingerprint density at radius 1 is 1.43 bits per heavy atom. The molecule has 1 unspecified atom stereocenters. The van der Waals surface area contributed by atoms with Crippen LogP contribution in [0.5, 0.6) is 0 Å². The smallest absolute Gasteiger partial charge is 0.338 e. The van der Waals surface area contributed by atoms with Crippen molar-refractivity contribution in [2.24, 2.45) is 5.73 Å². The second kappa shape index (κ2) is 6.51. The van der Waals surface area contributed by atoms with E-state index in [1.807, 2.05) is 6.92 Å². The number of nitro benzene ring substituents is 1. The summed E-state index contributed by atoms with van der Waals surface area (Å²) in [5.74, 6) is -0.834. The number of carbonyl (C=O) groups excluding carboxylic acids is 1. The first-order valence-electron chi connectivity index (χ1n) is 7.20. The summed E-state index contributed by atoms with van der Waals surface area (Å²) in [6.45, 7) is 5.30. The van der Waals surface area contributed by atoms with E-state index in [9.17, 15) is 14.9 Å². The second-order valence-electron chi connectivity index (χ2n) is 5.59. The van der Waals surface area contributed by atoms with E-state index < -0.39 is 16.8 Å². The Bertz CT molecular complexity index is 707. The lowest BCUT2D eigenvalue weighted by Crippen LogP contribution is -2.31. The van der Waals surface area contributed by atoms with E-state index in [-0.39, 0.29) is 23.2 Å². The maximum absolute atomic E-state index is 12.4. The third kappa shape index (κ3) is 3.68. The Morgan fingerprint density at radius 3 is 2.74 bits per heavy atom. The quantitative estimate of drug-likeness (QED) is 0.501. The van der Waals surface area contributed by atoms with Crippen molar-refractivity contribution in [2.45, 2.75) is 32.8 Å². The number of nitro groups is 1. The van der Waals surface area contributed by atoms with Crippen LogP contribution in [0.15, 0.2) is 47.4 Å². The normalized spacial score (nSPS) is 17.6. The number of nitrogens with two attached hydrogens (primary N) is 1. The molecule has 0 saturated carbocycles. The van der Waals surface area contributed by atoms with Crippen molar-refractivity contribution in [3.8, 4) is 0 Å². The van der Waals surface area contributed by atoms with Gasteiger partial charge in [0, 0.05) is 23.7 Å². The molecular weight excluding hydrogens is 298 g/mol. The van der Waals surface area contributed by atoms with Gasteiger partial charge in [-0.25, -0.2) is 4.79 Å². The number of nitrogens with zero attached hydrogens (tertiary/aromatic N) is 1. The van der Waals surface area contributed by atoms with Crippen molar-refractivity contribution in [1.29, 1.82) is 0 Å². The minimum atomic E-state index is -0.537. The Kier molecular flexibility index (Phi) is 4.68. The fourth-order valence-corrected chi connectivity index (χ4v) is 2.43. The Hall–Kier alpha value is -2.83. The SMILES string of the molecule is CC1=CC(c2cccc([N+](=O)[O-])c2)C(C(=O)OC(C)C)=C(N)N1. The molecule has 0 aromatic heterocycles. The van der Waals surface area contributed by atoms with Crippen molar-refractivity contribution < 1.29 is 14.5 Å². The number of carbonyl (C=O) groups is 1. The van der Waals surface area contributed by atoms with Gasteiger partial charge in [-0.2, -0.15) is 0 Å². The van der Waals surface area contributed by atoms with Crippen molar-refractivity contribution in [3.63, 3.8) is 0 Å². The highest BCUT2D eigenvalue weighted by atomic mass is 16.6. The third-order valence-electron chi connectivity index (χ3n) is 3.35. The predicted molar refractivity (Wildman–Crippen MR) is 85.2 cm³/mol. The molecule has 1 aliphatic heterocycles. The van der Waals surface area contributed by atoms with E-state index in [0.29, 0.717) is 5.56 Å². The van der Waals surface area contributed by atoms with E-state index in [2.05, 4.69) is 5.32 Å². The first kappa shape index (κ1) is 16.5. The van der Waals surface area contributed by atoms with E-state index in [0.717, 1.165) is 5.70 Å². The van der Waals surface area contributed by atoms with Gasteiger partial charge in [-0.1, -0.05) is 18.2 Å². The van der Waals surface area contributed by atoms with Gasteiger partial charge in [0.2, 0.25) is 0 Å². The molecule has 1 aliphatic rings. The second-order valence-corrected chi connectivity index (χ2v) is 5.59. The van der Waals surface area contributed by atoms with Crippen LogP contribution in [0.3, 0.4) is 0 Å². The summed E-state index contributed by atoms with van der Waals surface area (Å²) in [6, 6.07) is 6.15. The van der Waals surface area contributed by atoms with Crippen molar-refractivity contribution in [1.82, 2.24) is 5.32 Å². The largest absolute Gasteiger partial charge is 0.459 e. The number of dihydropyridines is 1. The van der Waals surface area contributed by atoms with Gasteiger partial charge in [0.05, 0.1) is 16.6 Å². The molecule has 0 saturated heterocycles. The number of nitrogens with one attached hydrogen (secondary N) is 1. The highest BCUT2D eigenvalue weighted by Gasteiger charge is 2.30. The average molecular weight is 317 g/mol. The van der Waals surface area contributed by atoms with Crippen LogP contribution in [-0.4, -0.2) is 17.0 Å². The fraction of sp³-hybridized carbons (Fsp3) is 0.312. The molecule has 0 aliphatic carbocycles. The summed E-state index contributed by atoms with van der Waals surface area (Å²) in [4.78, 5) is 22.9. The zero-order valence-corrected chi connectivity index (χ0v) is 13.2. The van der Waals surface area contributed by atoms with E-state index in [1.54, 1.807) is 32.1 Å². The molecule has 1 heterocycles. The topological polar surface area (TPSA) is 107 Å². The summed E-state index contributed by atoms with van der Waals surface area (Å²) >= 11 is 0. The number of benzene rings is 1. The molecule has 1 aromatic rings. The molecule has 7 heteroatoms. The molecule has 3 N–H and O–H groups in total. The van der Waals surface area contributed by atoms with E-state index in [4.69, 9.17) is 10.5 Å². The molecule has 2 rings (SSSR count). The number of hydrogen-bond donors (Lipinski definition) is 2. The number of esters is 1. The van der Waals surface area contributed by atoms with Crippen LogP contribution in [0, 0.1) is 10.1 Å². The molecule has 122 valence electrons. The molecule has 0 spiro atoms. The molecular formula is C16H19N3O4. The van der Waals surface area contributed by atoms with Gasteiger partial charge in [-0.15, -0.1) is 0 Å². The van der Waals surface area contributed by atoms with Crippen LogP contribution in [-0.2, 0) is 9.53 Å². The molecule has 0 bridgehead atoms. The highest BCUT2D eigenvalue weighted by molar-refractivity contribution is 5.92. The standard InChI is InChI=1S/C16H19N3O4/c1-9(2)23-16(20)14-13(7-10(3)18-15(14)17)11-5-4-6-12(8-11)19(21)22/h4-9,13,18H,17H2,1-3H3. The lowest BCUT2D eigenvalue weighted by molar-refractivity contribution is -0.384. The van der Waals surface area contributed by atoms with Gasteiger partial charge in [0.1, 0.15) is 5.82 Å². The van der Waals surface area contributed by atoms with E-state index in [1.165, 1.54) is 12.1 Å². The molecule has 0 amide bonds. The first-order chi connectivity index (χ1) is 10.8. The van der Waals surface area contributed by atoms with Gasteiger partial charge in [-0.3, -0.25) is 10.1 Å². The average Bonchev–Trinajstić information content (AvgIpc) is 2.45. The zero-order valence-electron chi connectivity index (χ0n) is 13.2. The molecule has 1 atom stereocenters. The molecule has 23 heavy (non-hydrogen) atoms. The van der Waals surface area contributed by atoms with Gasteiger partial charge in [-0.05, 0) is 26.3 Å². The number of non-ortho nitro benzene ring substituents is 1. The maximum Gasteiger partial charge on any atom is 0.338 e. The lowest BCUT2D eigenvalue weighted by atomic mass is 9.88. The van der Waals surface area contributed by atoms with Gasteiger partial charge < -0.3 is 15.8 Å². The van der Waals surface area contributed by atoms with Crippen molar-refractivity contribution in [2.75, 3.05) is 0 Å². The minimum Gasteiger partial charge on any atom is -0.459 e. The van der Waals surface area contributed by atoms with Gasteiger partial charge in [0.25, 0.3) is 5.69 Å². The van der Waals surface area contributed by atoms with Crippen LogP contribution in [0.4, 0.5) is 5.69 Å². The third-order valence-corrected chi connectivity index (χ3v) is 3.35. The monoisotopic (exact) mass is 317 g/mol. The molecule has 0 fully saturated rings. The Morgan fingerprint density at radius 2 is 2.13 bits per heavy atom. The number of hydrogen-bond acceptors (Lipinski definition) is 6. The summed E-state index contributed by atoms with van der Waals surface area (Å²) in [7, 11) is 0. The molecule has 0 radical (unpaired) electrons. The lowest BCUT2D eigenvalue weighted by Gasteiger charge is -2.25. The van der Waals surface area contributed by atoms with E-state index >= 15 is 0 Å². The van der Waals surface area contributed by atoms with Crippen LogP contribution in [0.1, 0.15) is 32.3 Å². The summed E-state index contributed by atoms with van der Waals surface area (Å²) in [6.07, 6.45) is 1.51. The minimum absolute atomic E-state index is 0.0396. The number of allylic oxidation sites excluding steroid dienone is 2. The van der Waals surface area contributed by atoms with Crippen LogP contribution < -0.4 is 11.1 Å². The predicted octanol–water partition coefficient (Wildman–Crippen LogP) is 2.31. The number of rotatable bonds is 4. The van der Waals surface area contributed by atoms with Gasteiger partial charge in [0.15, 0.2) is 0 Å². The maximum atomic E-state index is 12.4. The van der Waals surface area contributed by atoms with Crippen LogP contribution in [0.25, 0.3) is 0 Å². The van der Waals surface area contributed by atoms with Crippen molar-refractivity contribution >= 4 is 11.7 Å². The van der Waals surface area contributed by atoms with Crippen molar-refractivity contribution in [3.05, 3.63) is 63.1 Å². The zero-order chi connectivity index (χ0) is 17.1. The van der Waals surface area contributed by atoms with Gasteiger partial charge >= 0.3 is 5.97 Å². The molecule has 1 aromatic carbocycles.